The van der Waals surface area contributed by atoms with E-state index in [0.29, 0.717) is 0 Å². The molecule has 0 N–H and O–H groups in total. The molecule has 0 heterocycles. The van der Waals surface area contributed by atoms with Gasteiger partial charge in [-0.2, -0.15) is 0 Å². The molecule has 0 aliphatic carbocycles. The van der Waals surface area contributed by atoms with Crippen molar-refractivity contribution in [2.24, 2.45) is 0 Å². The van der Waals surface area contributed by atoms with Crippen molar-refractivity contribution in [1.82, 2.24) is 0 Å². The molecule has 0 spiro atoms. The molecule has 6 aromatic rings. The zero-order valence-electron chi connectivity index (χ0n) is 25.1. The summed E-state index contributed by atoms with van der Waals surface area (Å²) in [5.74, 6) is 0. The maximum atomic E-state index is 2.42. The molecule has 0 aliphatic rings. The summed E-state index contributed by atoms with van der Waals surface area (Å²) < 4.78 is 1.12. The number of anilines is 3. The topological polar surface area (TPSA) is 3.24 Å². The maximum absolute atomic E-state index is 2.42. The summed E-state index contributed by atoms with van der Waals surface area (Å²) in [4.78, 5) is 2.42. The molecule has 0 bridgehead atoms. The van der Waals surface area contributed by atoms with Gasteiger partial charge in [-0.1, -0.05) is 77.9 Å². The Balaban J connectivity index is 1.51. The Bertz CT molecular complexity index is 1770. The van der Waals surface area contributed by atoms with E-state index < -0.39 is 0 Å². The molecule has 0 aromatic heterocycles. The van der Waals surface area contributed by atoms with E-state index in [2.05, 4.69) is 149 Å². The Morgan fingerprint density at radius 1 is 0.439 bits per heavy atom. The van der Waals surface area contributed by atoms with Crippen molar-refractivity contribution in [1.29, 1.82) is 0 Å². The van der Waals surface area contributed by atoms with E-state index in [1.165, 1.54) is 66.1 Å². The van der Waals surface area contributed by atoms with Gasteiger partial charge in [0.05, 0.1) is 19.6 Å². The van der Waals surface area contributed by atoms with Gasteiger partial charge >= 0.3 is 0 Å². The minimum atomic E-state index is 1.07. The molecule has 0 radical (unpaired) electrons. The molecule has 6 rings (SSSR count). The van der Waals surface area contributed by atoms with Crippen LogP contribution in [0.2, 0.25) is 0 Å². The lowest BCUT2D eigenvalue weighted by Gasteiger charge is -2.36. The van der Waals surface area contributed by atoms with Crippen LogP contribution in [0, 0.1) is 13.8 Å². The molecule has 0 atom stereocenters. The number of hydrogen-bond donors (Lipinski definition) is 0. The van der Waals surface area contributed by atoms with Crippen molar-refractivity contribution in [2.45, 2.75) is 41.2 Å². The third kappa shape index (κ3) is 5.33. The van der Waals surface area contributed by atoms with Gasteiger partial charge in [0.1, 0.15) is 6.54 Å². The summed E-state index contributed by atoms with van der Waals surface area (Å²) >= 11 is 0. The molecule has 206 valence electrons. The average molecular weight is 538 g/mol. The molecule has 41 heavy (non-hydrogen) atoms. The van der Waals surface area contributed by atoms with E-state index in [9.17, 15) is 0 Å². The second-order valence-electron chi connectivity index (χ2n) is 11.7. The predicted octanol–water partition coefficient (Wildman–Crippen LogP) is 10.6. The van der Waals surface area contributed by atoms with Gasteiger partial charge in [-0.25, -0.2) is 0 Å². The third-order valence-electron chi connectivity index (χ3n) is 9.15. The average Bonchev–Trinajstić information content (AvgIpc) is 2.99. The standard InChI is InChI=1S/C39H41N2/c1-6-41(7-2,8-3)27-30-11-14-33-17-20-39(26-36(33)23-30)40(37-18-15-31-12-9-28(4)21-34(31)24-37)38-19-16-32-13-10-29(5)22-35(32)25-38/h9-26H,6-8,27H2,1-5H3/q+1. The minimum Gasteiger partial charge on any atom is -0.321 e. The van der Waals surface area contributed by atoms with Crippen LogP contribution in [0.1, 0.15) is 37.5 Å². The zero-order valence-corrected chi connectivity index (χ0v) is 25.1. The van der Waals surface area contributed by atoms with Crippen LogP contribution in [0.5, 0.6) is 0 Å². The summed E-state index contributed by atoms with van der Waals surface area (Å²) in [5.41, 5.74) is 7.49. The van der Waals surface area contributed by atoms with Crippen molar-refractivity contribution in [3.8, 4) is 0 Å². The van der Waals surface area contributed by atoms with Gasteiger partial charge in [-0.05, 0) is 109 Å². The lowest BCUT2D eigenvalue weighted by molar-refractivity contribution is -0.936. The first kappa shape index (κ1) is 27.1. The highest BCUT2D eigenvalue weighted by molar-refractivity contribution is 5.95. The molecule has 6 aromatic carbocycles. The van der Waals surface area contributed by atoms with Gasteiger partial charge in [0.15, 0.2) is 0 Å². The van der Waals surface area contributed by atoms with Gasteiger partial charge < -0.3 is 9.38 Å². The van der Waals surface area contributed by atoms with Gasteiger partial charge in [0.2, 0.25) is 0 Å². The smallest absolute Gasteiger partial charge is 0.104 e. The number of benzene rings is 6. The lowest BCUT2D eigenvalue weighted by Crippen LogP contribution is -2.46. The fraction of sp³-hybridized carbons (Fsp3) is 0.231. The van der Waals surface area contributed by atoms with Crippen LogP contribution in [-0.2, 0) is 6.54 Å². The first-order valence-electron chi connectivity index (χ1n) is 15.1. The van der Waals surface area contributed by atoms with Crippen LogP contribution in [0.15, 0.2) is 109 Å². The van der Waals surface area contributed by atoms with Crippen molar-refractivity contribution in [3.05, 3.63) is 126 Å². The molecule has 0 unspecified atom stereocenters. The van der Waals surface area contributed by atoms with E-state index in [1.807, 2.05) is 0 Å². The van der Waals surface area contributed by atoms with Crippen molar-refractivity contribution in [2.75, 3.05) is 24.5 Å². The second-order valence-corrected chi connectivity index (χ2v) is 11.7. The largest absolute Gasteiger partial charge is 0.321 e. The second kappa shape index (κ2) is 11.0. The quantitative estimate of drug-likeness (QED) is 0.175. The molecular weight excluding hydrogens is 496 g/mol. The lowest BCUT2D eigenvalue weighted by atomic mass is 10.0. The van der Waals surface area contributed by atoms with E-state index in [4.69, 9.17) is 0 Å². The fourth-order valence-corrected chi connectivity index (χ4v) is 6.35. The summed E-state index contributed by atoms with van der Waals surface area (Å²) in [7, 11) is 0. The summed E-state index contributed by atoms with van der Waals surface area (Å²) in [5, 5.41) is 7.63. The van der Waals surface area contributed by atoms with Crippen LogP contribution in [0.25, 0.3) is 32.3 Å². The molecule has 0 aliphatic heterocycles. The minimum absolute atomic E-state index is 1.07. The van der Waals surface area contributed by atoms with E-state index in [1.54, 1.807) is 0 Å². The van der Waals surface area contributed by atoms with Crippen molar-refractivity contribution in [3.63, 3.8) is 0 Å². The van der Waals surface area contributed by atoms with Crippen LogP contribution in [0.3, 0.4) is 0 Å². The molecule has 0 fully saturated rings. The first-order valence-corrected chi connectivity index (χ1v) is 15.1. The zero-order chi connectivity index (χ0) is 28.6. The number of fused-ring (bicyclic) bond motifs is 3. The Morgan fingerprint density at radius 2 is 0.829 bits per heavy atom. The van der Waals surface area contributed by atoms with Crippen molar-refractivity contribution >= 4 is 49.4 Å². The fourth-order valence-electron chi connectivity index (χ4n) is 6.35. The first-order chi connectivity index (χ1) is 19.9. The van der Waals surface area contributed by atoms with Crippen LogP contribution in [-0.4, -0.2) is 24.1 Å². The molecule has 0 saturated heterocycles. The van der Waals surface area contributed by atoms with Gasteiger partial charge in [0, 0.05) is 22.6 Å². The van der Waals surface area contributed by atoms with E-state index in [0.717, 1.165) is 30.7 Å². The van der Waals surface area contributed by atoms with Crippen LogP contribution >= 0.6 is 0 Å². The van der Waals surface area contributed by atoms with Gasteiger partial charge in [0.25, 0.3) is 0 Å². The molecule has 2 nitrogen and oxygen atoms in total. The monoisotopic (exact) mass is 537 g/mol. The number of quaternary nitrogens is 1. The number of nitrogens with zero attached hydrogens (tertiary/aromatic N) is 2. The number of rotatable bonds is 8. The molecule has 0 amide bonds. The number of hydrogen-bond acceptors (Lipinski definition) is 1. The van der Waals surface area contributed by atoms with Gasteiger partial charge in [-0.15, -0.1) is 0 Å². The highest BCUT2D eigenvalue weighted by Crippen LogP contribution is 2.39. The highest BCUT2D eigenvalue weighted by atomic mass is 15.3. The SMILES string of the molecule is CC[N+](CC)(CC)Cc1ccc2ccc(N(c3ccc4ccc(C)cc4c3)c3ccc4ccc(C)cc4c3)cc2c1. The van der Waals surface area contributed by atoms with Crippen molar-refractivity contribution < 1.29 is 4.48 Å². The Kier molecular flexibility index (Phi) is 7.28. The molecule has 2 heteroatoms. The van der Waals surface area contributed by atoms with Gasteiger partial charge in [-0.3, -0.25) is 0 Å². The molecule has 0 saturated carbocycles. The normalized spacial score (nSPS) is 11.9. The van der Waals surface area contributed by atoms with Crippen LogP contribution in [0.4, 0.5) is 17.1 Å². The summed E-state index contributed by atoms with van der Waals surface area (Å²) in [6, 6.07) is 41.0. The number of aryl methyl sites for hydroxylation is 2. The summed E-state index contributed by atoms with van der Waals surface area (Å²) in [6.07, 6.45) is 0. The van der Waals surface area contributed by atoms with E-state index in [-0.39, 0.29) is 0 Å². The Labute approximate surface area is 245 Å². The van der Waals surface area contributed by atoms with E-state index >= 15 is 0 Å². The van der Waals surface area contributed by atoms with Crippen LogP contribution < -0.4 is 4.90 Å². The Morgan fingerprint density at radius 3 is 1.27 bits per heavy atom. The molecular formula is C39H41N2+. The maximum Gasteiger partial charge on any atom is 0.104 e. The predicted molar refractivity (Wildman–Crippen MR) is 179 cm³/mol. The third-order valence-corrected chi connectivity index (χ3v) is 9.15. The Hall–Kier alpha value is -4.14. The summed E-state index contributed by atoms with van der Waals surface area (Å²) in [6.45, 7) is 15.8. The highest BCUT2D eigenvalue weighted by Gasteiger charge is 2.21.